The van der Waals surface area contributed by atoms with Crippen molar-refractivity contribution in [3.8, 4) is 0 Å². The third-order valence-electron chi connectivity index (χ3n) is 3.17. The SMILES string of the molecule is CCC(CCO)CNCc1ccc(Br)cc1C. The lowest BCUT2D eigenvalue weighted by Crippen LogP contribution is -2.23. The fraction of sp³-hybridized carbons (Fsp3) is 0.571. The predicted molar refractivity (Wildman–Crippen MR) is 76.1 cm³/mol. The fourth-order valence-corrected chi connectivity index (χ4v) is 2.38. The maximum Gasteiger partial charge on any atom is 0.0434 e. The summed E-state index contributed by atoms with van der Waals surface area (Å²) in [5, 5.41) is 12.4. The summed E-state index contributed by atoms with van der Waals surface area (Å²) in [6, 6.07) is 6.37. The molecule has 1 rings (SSSR count). The van der Waals surface area contributed by atoms with E-state index in [2.05, 4.69) is 53.3 Å². The zero-order valence-corrected chi connectivity index (χ0v) is 12.3. The summed E-state index contributed by atoms with van der Waals surface area (Å²) in [6.45, 7) is 6.48. The van der Waals surface area contributed by atoms with Crippen LogP contribution in [0.3, 0.4) is 0 Å². The first-order valence-corrected chi connectivity index (χ1v) is 7.03. The van der Waals surface area contributed by atoms with Crippen LogP contribution in [0.15, 0.2) is 22.7 Å². The molecule has 1 aromatic carbocycles. The molecule has 0 saturated heterocycles. The van der Waals surface area contributed by atoms with Crippen molar-refractivity contribution in [2.45, 2.75) is 33.2 Å². The third kappa shape index (κ3) is 5.19. The Labute approximate surface area is 113 Å². The Hall–Kier alpha value is -0.380. The van der Waals surface area contributed by atoms with Gasteiger partial charge >= 0.3 is 0 Å². The Kier molecular flexibility index (Phi) is 6.78. The van der Waals surface area contributed by atoms with E-state index in [1.54, 1.807) is 0 Å². The largest absolute Gasteiger partial charge is 0.396 e. The number of aliphatic hydroxyl groups is 1. The molecule has 2 nitrogen and oxygen atoms in total. The smallest absolute Gasteiger partial charge is 0.0434 e. The second-order valence-electron chi connectivity index (χ2n) is 4.49. The van der Waals surface area contributed by atoms with E-state index in [1.165, 1.54) is 11.1 Å². The van der Waals surface area contributed by atoms with Gasteiger partial charge in [-0.1, -0.05) is 35.3 Å². The van der Waals surface area contributed by atoms with Crippen molar-refractivity contribution in [2.75, 3.05) is 13.2 Å². The van der Waals surface area contributed by atoms with Gasteiger partial charge in [-0.3, -0.25) is 0 Å². The van der Waals surface area contributed by atoms with E-state index in [9.17, 15) is 0 Å². The Morgan fingerprint density at radius 3 is 2.76 bits per heavy atom. The highest BCUT2D eigenvalue weighted by molar-refractivity contribution is 9.10. The van der Waals surface area contributed by atoms with Gasteiger partial charge in [0.15, 0.2) is 0 Å². The molecule has 17 heavy (non-hydrogen) atoms. The van der Waals surface area contributed by atoms with E-state index in [4.69, 9.17) is 5.11 Å². The van der Waals surface area contributed by atoms with Gasteiger partial charge in [-0.2, -0.15) is 0 Å². The number of benzene rings is 1. The van der Waals surface area contributed by atoms with Crippen molar-refractivity contribution >= 4 is 15.9 Å². The summed E-state index contributed by atoms with van der Waals surface area (Å²) < 4.78 is 1.13. The van der Waals surface area contributed by atoms with Gasteiger partial charge in [0.2, 0.25) is 0 Å². The molecule has 0 saturated carbocycles. The maximum atomic E-state index is 8.93. The normalized spacial score (nSPS) is 12.7. The molecule has 0 amide bonds. The Morgan fingerprint density at radius 2 is 2.18 bits per heavy atom. The molecule has 0 heterocycles. The standard InChI is InChI=1S/C14H22BrNO/c1-3-12(6-7-17)9-16-10-13-4-5-14(15)8-11(13)2/h4-5,8,12,16-17H,3,6-7,9-10H2,1-2H3. The average molecular weight is 300 g/mol. The molecule has 0 aliphatic heterocycles. The summed E-state index contributed by atoms with van der Waals surface area (Å²) in [4.78, 5) is 0. The van der Waals surface area contributed by atoms with Gasteiger partial charge in [0.25, 0.3) is 0 Å². The Morgan fingerprint density at radius 1 is 1.41 bits per heavy atom. The van der Waals surface area contributed by atoms with Crippen LogP contribution >= 0.6 is 15.9 Å². The van der Waals surface area contributed by atoms with Gasteiger partial charge in [0.05, 0.1) is 0 Å². The summed E-state index contributed by atoms with van der Waals surface area (Å²) in [5.74, 6) is 0.579. The minimum absolute atomic E-state index is 0.289. The highest BCUT2D eigenvalue weighted by atomic mass is 79.9. The van der Waals surface area contributed by atoms with Crippen LogP contribution in [-0.2, 0) is 6.54 Å². The molecule has 0 bridgehead atoms. The summed E-state index contributed by atoms with van der Waals surface area (Å²) in [5.41, 5.74) is 2.65. The second-order valence-corrected chi connectivity index (χ2v) is 5.40. The number of halogens is 1. The van der Waals surface area contributed by atoms with Crippen molar-refractivity contribution in [3.05, 3.63) is 33.8 Å². The lowest BCUT2D eigenvalue weighted by atomic mass is 10.0. The van der Waals surface area contributed by atoms with Crippen LogP contribution < -0.4 is 5.32 Å². The molecule has 3 heteroatoms. The summed E-state index contributed by atoms with van der Waals surface area (Å²) in [6.07, 6.45) is 2.01. The monoisotopic (exact) mass is 299 g/mol. The van der Waals surface area contributed by atoms with Crippen molar-refractivity contribution < 1.29 is 5.11 Å². The number of hydrogen-bond donors (Lipinski definition) is 2. The minimum Gasteiger partial charge on any atom is -0.396 e. The minimum atomic E-state index is 0.289. The van der Waals surface area contributed by atoms with Crippen LogP contribution in [0.25, 0.3) is 0 Å². The number of rotatable bonds is 7. The van der Waals surface area contributed by atoms with Gasteiger partial charge in [0.1, 0.15) is 0 Å². The summed E-state index contributed by atoms with van der Waals surface area (Å²) >= 11 is 3.47. The molecule has 1 aromatic rings. The molecule has 0 radical (unpaired) electrons. The van der Waals surface area contributed by atoms with E-state index < -0.39 is 0 Å². The number of hydrogen-bond acceptors (Lipinski definition) is 2. The van der Waals surface area contributed by atoms with Crippen molar-refractivity contribution in [2.24, 2.45) is 5.92 Å². The van der Waals surface area contributed by atoms with Crippen LogP contribution in [0, 0.1) is 12.8 Å². The first-order valence-electron chi connectivity index (χ1n) is 6.24. The number of aliphatic hydroxyl groups excluding tert-OH is 1. The zero-order valence-electron chi connectivity index (χ0n) is 10.7. The highest BCUT2D eigenvalue weighted by Gasteiger charge is 2.05. The number of nitrogens with one attached hydrogen (secondary N) is 1. The van der Waals surface area contributed by atoms with Crippen LogP contribution in [0.1, 0.15) is 30.9 Å². The van der Waals surface area contributed by atoms with Gasteiger partial charge in [-0.15, -0.1) is 0 Å². The topological polar surface area (TPSA) is 32.3 Å². The van der Waals surface area contributed by atoms with Crippen LogP contribution in [0.4, 0.5) is 0 Å². The Bertz CT molecular complexity index is 341. The molecule has 1 atom stereocenters. The zero-order chi connectivity index (χ0) is 12.7. The molecular formula is C14H22BrNO. The maximum absolute atomic E-state index is 8.93. The molecule has 0 spiro atoms. The number of aryl methyl sites for hydroxylation is 1. The first-order chi connectivity index (χ1) is 8.17. The van der Waals surface area contributed by atoms with Gasteiger partial charge < -0.3 is 10.4 Å². The third-order valence-corrected chi connectivity index (χ3v) is 3.66. The van der Waals surface area contributed by atoms with Gasteiger partial charge in [0, 0.05) is 17.6 Å². The molecule has 0 aliphatic carbocycles. The molecule has 0 fully saturated rings. The molecule has 1 unspecified atom stereocenters. The molecule has 0 aromatic heterocycles. The fourth-order valence-electron chi connectivity index (χ4n) is 1.90. The van der Waals surface area contributed by atoms with Crippen molar-refractivity contribution in [3.63, 3.8) is 0 Å². The van der Waals surface area contributed by atoms with Gasteiger partial charge in [-0.05, 0) is 49.1 Å². The Balaban J connectivity index is 2.39. The molecule has 2 N–H and O–H groups in total. The van der Waals surface area contributed by atoms with Crippen LogP contribution in [0.2, 0.25) is 0 Å². The van der Waals surface area contributed by atoms with E-state index >= 15 is 0 Å². The van der Waals surface area contributed by atoms with Crippen LogP contribution in [0.5, 0.6) is 0 Å². The van der Waals surface area contributed by atoms with Crippen molar-refractivity contribution in [1.29, 1.82) is 0 Å². The molecular weight excluding hydrogens is 278 g/mol. The summed E-state index contributed by atoms with van der Waals surface area (Å²) in [7, 11) is 0. The second kappa shape index (κ2) is 7.85. The average Bonchev–Trinajstić information content (AvgIpc) is 2.30. The quantitative estimate of drug-likeness (QED) is 0.810. The van der Waals surface area contributed by atoms with E-state index in [1.807, 2.05) is 0 Å². The lowest BCUT2D eigenvalue weighted by Gasteiger charge is -2.15. The van der Waals surface area contributed by atoms with Crippen molar-refractivity contribution in [1.82, 2.24) is 5.32 Å². The van der Waals surface area contributed by atoms with Gasteiger partial charge in [-0.25, -0.2) is 0 Å². The van der Waals surface area contributed by atoms with E-state index in [-0.39, 0.29) is 6.61 Å². The predicted octanol–water partition coefficient (Wildman–Crippen LogP) is 3.26. The van der Waals surface area contributed by atoms with Crippen LogP contribution in [-0.4, -0.2) is 18.3 Å². The van der Waals surface area contributed by atoms with E-state index in [0.29, 0.717) is 5.92 Å². The first kappa shape index (κ1) is 14.7. The van der Waals surface area contributed by atoms with E-state index in [0.717, 1.165) is 30.4 Å². The molecule has 0 aliphatic rings. The highest BCUT2D eigenvalue weighted by Crippen LogP contribution is 2.16. The molecule has 96 valence electrons. The lowest BCUT2D eigenvalue weighted by molar-refractivity contribution is 0.251.